The normalized spacial score (nSPS) is 16.8. The van der Waals surface area contributed by atoms with Crippen LogP contribution in [0.4, 0.5) is 0 Å². The van der Waals surface area contributed by atoms with Crippen LogP contribution in [-0.4, -0.2) is 26.1 Å². The standard InChI is InChI=1S/C4H9N5/c1-5-2-4-6-3-7-9-8-4/h5H,2-3H2,1H3,(H,6,7,8). The van der Waals surface area contributed by atoms with Gasteiger partial charge in [0.25, 0.3) is 0 Å². The summed E-state index contributed by atoms with van der Waals surface area (Å²) < 4.78 is 0. The van der Waals surface area contributed by atoms with E-state index >= 15 is 0 Å². The van der Waals surface area contributed by atoms with Gasteiger partial charge in [0.05, 0.1) is 6.54 Å². The molecule has 1 aliphatic heterocycles. The molecule has 0 amide bonds. The Balaban J connectivity index is 2.32. The van der Waals surface area contributed by atoms with E-state index in [1.165, 1.54) is 0 Å². The van der Waals surface area contributed by atoms with Gasteiger partial charge >= 0.3 is 0 Å². The molecule has 0 aromatic rings. The van der Waals surface area contributed by atoms with Crippen molar-refractivity contribution in [2.75, 3.05) is 20.3 Å². The molecule has 1 heterocycles. The summed E-state index contributed by atoms with van der Waals surface area (Å²) in [7, 11) is 1.86. The van der Waals surface area contributed by atoms with Gasteiger partial charge in [-0.2, -0.15) is 0 Å². The average Bonchev–Trinajstić information content (AvgIpc) is 1.91. The van der Waals surface area contributed by atoms with E-state index in [4.69, 9.17) is 0 Å². The largest absolute Gasteiger partial charge is 0.313 e. The highest BCUT2D eigenvalue weighted by Crippen LogP contribution is 1.83. The number of nitrogens with one attached hydrogen (secondary N) is 2. The molecule has 0 fully saturated rings. The van der Waals surface area contributed by atoms with Crippen molar-refractivity contribution in [2.45, 2.75) is 0 Å². The van der Waals surface area contributed by atoms with E-state index < -0.39 is 0 Å². The second kappa shape index (κ2) is 3.13. The molecule has 0 spiro atoms. The predicted octanol–water partition coefficient (Wildman–Crippen LogP) is -0.468. The molecule has 0 saturated heterocycles. The fourth-order valence-corrected chi connectivity index (χ4v) is 0.540. The maximum Gasteiger partial charge on any atom is 0.154 e. The third kappa shape index (κ3) is 1.77. The SMILES string of the molecule is CNCC1=NCN=NN1. The first kappa shape index (κ1) is 6.15. The molecule has 0 bridgehead atoms. The van der Waals surface area contributed by atoms with Crippen LogP contribution in [0.15, 0.2) is 15.3 Å². The van der Waals surface area contributed by atoms with Gasteiger partial charge < -0.3 is 5.32 Å². The second-order valence-corrected chi connectivity index (χ2v) is 1.63. The van der Waals surface area contributed by atoms with Crippen molar-refractivity contribution < 1.29 is 0 Å². The Kier molecular flexibility index (Phi) is 2.14. The second-order valence-electron chi connectivity index (χ2n) is 1.63. The third-order valence-electron chi connectivity index (χ3n) is 0.919. The Hall–Kier alpha value is -0.970. The Morgan fingerprint density at radius 1 is 1.78 bits per heavy atom. The van der Waals surface area contributed by atoms with Crippen molar-refractivity contribution in [1.82, 2.24) is 10.7 Å². The van der Waals surface area contributed by atoms with E-state index in [1.807, 2.05) is 7.05 Å². The lowest BCUT2D eigenvalue weighted by Gasteiger charge is -2.05. The van der Waals surface area contributed by atoms with Gasteiger partial charge in [-0.3, -0.25) is 0 Å². The first-order valence-electron chi connectivity index (χ1n) is 2.74. The Morgan fingerprint density at radius 2 is 2.67 bits per heavy atom. The van der Waals surface area contributed by atoms with Gasteiger partial charge in [-0.15, -0.1) is 5.11 Å². The molecular formula is C4H9N5. The number of aliphatic imine (C=N–C) groups is 1. The molecule has 2 N–H and O–H groups in total. The van der Waals surface area contributed by atoms with Gasteiger partial charge in [0.2, 0.25) is 0 Å². The minimum Gasteiger partial charge on any atom is -0.313 e. The molecule has 9 heavy (non-hydrogen) atoms. The summed E-state index contributed by atoms with van der Waals surface area (Å²) >= 11 is 0. The molecule has 50 valence electrons. The highest BCUT2D eigenvalue weighted by molar-refractivity contribution is 5.83. The number of hydrogen-bond donors (Lipinski definition) is 2. The minimum atomic E-state index is 0.448. The zero-order chi connectivity index (χ0) is 6.53. The van der Waals surface area contributed by atoms with E-state index in [-0.39, 0.29) is 0 Å². The fraction of sp³-hybridized carbons (Fsp3) is 0.750. The van der Waals surface area contributed by atoms with E-state index in [0.29, 0.717) is 6.67 Å². The third-order valence-corrected chi connectivity index (χ3v) is 0.919. The van der Waals surface area contributed by atoms with Crippen LogP contribution in [0, 0.1) is 0 Å². The zero-order valence-electron chi connectivity index (χ0n) is 5.26. The summed E-state index contributed by atoms with van der Waals surface area (Å²) in [4.78, 5) is 4.00. The average molecular weight is 127 g/mol. The summed E-state index contributed by atoms with van der Waals surface area (Å²) in [6.45, 7) is 1.17. The molecule has 1 aliphatic rings. The lowest BCUT2D eigenvalue weighted by molar-refractivity contribution is 0.756. The van der Waals surface area contributed by atoms with E-state index in [1.54, 1.807) is 0 Å². The summed E-state index contributed by atoms with van der Waals surface area (Å²) in [5.74, 6) is 0.840. The first-order valence-corrected chi connectivity index (χ1v) is 2.74. The molecule has 0 aliphatic carbocycles. The van der Waals surface area contributed by atoms with E-state index in [9.17, 15) is 0 Å². The van der Waals surface area contributed by atoms with Crippen LogP contribution in [-0.2, 0) is 0 Å². The quantitative estimate of drug-likeness (QED) is 0.527. The highest BCUT2D eigenvalue weighted by Gasteiger charge is 1.96. The zero-order valence-corrected chi connectivity index (χ0v) is 5.26. The molecule has 1 rings (SSSR count). The van der Waals surface area contributed by atoms with Gasteiger partial charge in [-0.1, -0.05) is 5.22 Å². The molecular weight excluding hydrogens is 118 g/mol. The van der Waals surface area contributed by atoms with Gasteiger partial charge in [-0.05, 0) is 7.05 Å². The van der Waals surface area contributed by atoms with Gasteiger partial charge in [0.15, 0.2) is 6.67 Å². The fourth-order valence-electron chi connectivity index (χ4n) is 0.540. The van der Waals surface area contributed by atoms with E-state index in [0.717, 1.165) is 12.4 Å². The molecule has 5 nitrogen and oxygen atoms in total. The molecule has 0 saturated carbocycles. The predicted molar refractivity (Wildman–Crippen MR) is 34.2 cm³/mol. The summed E-state index contributed by atoms with van der Waals surface area (Å²) in [6, 6.07) is 0. The van der Waals surface area contributed by atoms with Crippen molar-refractivity contribution in [2.24, 2.45) is 15.3 Å². The Labute approximate surface area is 53.2 Å². The van der Waals surface area contributed by atoms with Crippen LogP contribution in [0.2, 0.25) is 0 Å². The summed E-state index contributed by atoms with van der Waals surface area (Å²) in [5.41, 5.74) is 2.67. The number of rotatable bonds is 2. The molecule has 0 atom stereocenters. The summed E-state index contributed by atoms with van der Waals surface area (Å²) in [6.07, 6.45) is 0. The molecule has 0 radical (unpaired) electrons. The molecule has 5 heteroatoms. The number of hydrogen-bond acceptors (Lipinski definition) is 5. The lowest BCUT2D eigenvalue weighted by Crippen LogP contribution is -2.30. The van der Waals surface area contributed by atoms with Crippen LogP contribution >= 0.6 is 0 Å². The number of nitrogens with zero attached hydrogens (tertiary/aromatic N) is 3. The lowest BCUT2D eigenvalue weighted by atomic mass is 10.6. The van der Waals surface area contributed by atoms with Crippen LogP contribution in [0.25, 0.3) is 0 Å². The molecule has 0 unspecified atom stereocenters. The number of likely N-dealkylation sites (N-methyl/N-ethyl adjacent to an activating group) is 1. The smallest absolute Gasteiger partial charge is 0.154 e. The van der Waals surface area contributed by atoms with Crippen molar-refractivity contribution in [3.05, 3.63) is 0 Å². The topological polar surface area (TPSA) is 61.1 Å². The van der Waals surface area contributed by atoms with Crippen molar-refractivity contribution in [1.29, 1.82) is 0 Å². The van der Waals surface area contributed by atoms with Crippen molar-refractivity contribution >= 4 is 5.84 Å². The highest BCUT2D eigenvalue weighted by atomic mass is 15.5. The van der Waals surface area contributed by atoms with Crippen molar-refractivity contribution in [3.63, 3.8) is 0 Å². The van der Waals surface area contributed by atoms with Crippen LogP contribution in [0.3, 0.4) is 0 Å². The first-order chi connectivity index (χ1) is 4.43. The van der Waals surface area contributed by atoms with Gasteiger partial charge in [0, 0.05) is 0 Å². The van der Waals surface area contributed by atoms with Crippen LogP contribution < -0.4 is 10.7 Å². The van der Waals surface area contributed by atoms with E-state index in [2.05, 4.69) is 26.1 Å². The monoisotopic (exact) mass is 127 g/mol. The maximum absolute atomic E-state index is 4.00. The Morgan fingerprint density at radius 3 is 3.22 bits per heavy atom. The Bertz CT molecular complexity index is 138. The van der Waals surface area contributed by atoms with Gasteiger partial charge in [0.1, 0.15) is 5.84 Å². The minimum absolute atomic E-state index is 0.448. The maximum atomic E-state index is 4.00. The van der Waals surface area contributed by atoms with Gasteiger partial charge in [-0.25, -0.2) is 10.4 Å². The van der Waals surface area contributed by atoms with Crippen LogP contribution in [0.5, 0.6) is 0 Å². The van der Waals surface area contributed by atoms with Crippen LogP contribution in [0.1, 0.15) is 0 Å². The molecule has 0 aromatic heterocycles. The van der Waals surface area contributed by atoms with Crippen molar-refractivity contribution in [3.8, 4) is 0 Å². The molecule has 0 aromatic carbocycles. The number of amidine groups is 1. The summed E-state index contributed by atoms with van der Waals surface area (Å²) in [5, 5.41) is 10.1.